The molecule has 0 aromatic carbocycles. The van der Waals surface area contributed by atoms with E-state index in [1.807, 2.05) is 0 Å². The minimum atomic E-state index is -5.06. The van der Waals surface area contributed by atoms with Gasteiger partial charge in [0.05, 0.1) is 19.5 Å². The lowest BCUT2D eigenvalue weighted by molar-refractivity contribution is -0.174. The number of nitrogens with one attached hydrogen (secondary N) is 3. The second-order valence-corrected chi connectivity index (χ2v) is 7.71. The molecule has 188 valence electrons. The first-order chi connectivity index (χ1) is 15.9. The molecular weight excluding hydrogens is 469 g/mol. The van der Waals surface area contributed by atoms with Crippen LogP contribution < -0.4 is 16.2 Å². The summed E-state index contributed by atoms with van der Waals surface area (Å²) in [4.78, 5) is 45.8. The molecule has 16 heteroatoms. The zero-order valence-electron chi connectivity index (χ0n) is 18.0. The van der Waals surface area contributed by atoms with Crippen molar-refractivity contribution in [1.82, 2.24) is 24.8 Å². The average Bonchev–Trinajstić information content (AvgIpc) is 3.31. The van der Waals surface area contributed by atoms with Gasteiger partial charge in [0.15, 0.2) is 17.4 Å². The maximum atomic E-state index is 12.4. The normalized spacial score (nSPS) is 22.9. The molecule has 0 bridgehead atoms. The van der Waals surface area contributed by atoms with E-state index in [0.717, 1.165) is 0 Å². The Morgan fingerprint density at radius 1 is 1.38 bits per heavy atom. The van der Waals surface area contributed by atoms with Gasteiger partial charge in [0, 0.05) is 12.5 Å². The predicted molar refractivity (Wildman–Crippen MR) is 107 cm³/mol. The highest BCUT2D eigenvalue weighted by Gasteiger charge is 2.46. The number of aromatic nitrogens is 4. The summed E-state index contributed by atoms with van der Waals surface area (Å²) >= 11 is 0. The minimum Gasteiger partial charge on any atom is -0.394 e. The quantitative estimate of drug-likeness (QED) is 0.290. The summed E-state index contributed by atoms with van der Waals surface area (Å²) < 4.78 is 49.2. The Bertz CT molecular complexity index is 1100. The molecule has 0 aliphatic carbocycles. The molecule has 1 aliphatic rings. The number of carbonyl (C=O) groups is 2. The van der Waals surface area contributed by atoms with Crippen LogP contribution >= 0.6 is 0 Å². The van der Waals surface area contributed by atoms with Gasteiger partial charge in [0.2, 0.25) is 11.9 Å². The van der Waals surface area contributed by atoms with Crippen molar-refractivity contribution in [3.63, 3.8) is 0 Å². The predicted octanol–water partition coefficient (Wildman–Crippen LogP) is -0.972. The SMILES string of the molecule is CC(C)C(=O)Nc1nc2c(ncn2[C@@H]2O[C@H](CO)[C@@H](O)[C@H]2OCCNC(=O)C(F)(F)F)c(=O)[nH]1. The molecule has 1 aliphatic heterocycles. The molecule has 0 spiro atoms. The third-order valence-electron chi connectivity index (χ3n) is 4.92. The number of hydrogen-bond donors (Lipinski definition) is 5. The molecule has 2 amide bonds. The first kappa shape index (κ1) is 25.5. The smallest absolute Gasteiger partial charge is 0.394 e. The van der Waals surface area contributed by atoms with Crippen LogP contribution in [0.2, 0.25) is 0 Å². The monoisotopic (exact) mass is 492 g/mol. The van der Waals surface area contributed by atoms with Crippen molar-refractivity contribution >= 4 is 28.9 Å². The molecule has 0 saturated carbocycles. The summed E-state index contributed by atoms with van der Waals surface area (Å²) in [6, 6.07) is 0. The molecule has 0 unspecified atom stereocenters. The van der Waals surface area contributed by atoms with Crippen molar-refractivity contribution in [1.29, 1.82) is 0 Å². The van der Waals surface area contributed by atoms with Crippen molar-refractivity contribution in [2.75, 3.05) is 25.1 Å². The molecule has 2 aromatic heterocycles. The highest BCUT2D eigenvalue weighted by Crippen LogP contribution is 2.33. The van der Waals surface area contributed by atoms with Gasteiger partial charge in [-0.2, -0.15) is 18.2 Å². The van der Waals surface area contributed by atoms with Gasteiger partial charge in [0.1, 0.15) is 18.3 Å². The second-order valence-electron chi connectivity index (χ2n) is 7.71. The van der Waals surface area contributed by atoms with Crippen molar-refractivity contribution in [2.24, 2.45) is 5.92 Å². The summed E-state index contributed by atoms with van der Waals surface area (Å²) in [5.74, 6) is -3.13. The summed E-state index contributed by atoms with van der Waals surface area (Å²) in [5.41, 5.74) is -0.839. The van der Waals surface area contributed by atoms with Gasteiger partial charge in [-0.05, 0) is 0 Å². The van der Waals surface area contributed by atoms with Gasteiger partial charge in [-0.15, -0.1) is 0 Å². The highest BCUT2D eigenvalue weighted by atomic mass is 19.4. The molecule has 1 saturated heterocycles. The number of H-pyrrole nitrogens is 1. The summed E-state index contributed by atoms with van der Waals surface area (Å²) in [5, 5.41) is 24.0. The van der Waals surface area contributed by atoms with Crippen molar-refractivity contribution in [2.45, 2.75) is 44.6 Å². The number of imidazole rings is 1. The number of nitrogens with zero attached hydrogens (tertiary/aromatic N) is 3. The van der Waals surface area contributed by atoms with Crippen molar-refractivity contribution in [3.8, 4) is 0 Å². The summed E-state index contributed by atoms with van der Waals surface area (Å²) in [6.45, 7) is 1.71. The van der Waals surface area contributed by atoms with E-state index in [1.165, 1.54) is 10.9 Å². The number of halogens is 3. The minimum absolute atomic E-state index is 0.0439. The first-order valence-electron chi connectivity index (χ1n) is 10.1. The number of alkyl halides is 3. The number of aliphatic hydroxyl groups is 2. The number of anilines is 1. The van der Waals surface area contributed by atoms with Crippen LogP contribution in [0.15, 0.2) is 11.1 Å². The van der Waals surface area contributed by atoms with Crippen molar-refractivity contribution < 1.29 is 42.4 Å². The molecule has 3 rings (SSSR count). The summed E-state index contributed by atoms with van der Waals surface area (Å²) in [7, 11) is 0. The van der Waals surface area contributed by atoms with Gasteiger partial charge < -0.3 is 25.0 Å². The second kappa shape index (κ2) is 10.0. The molecule has 34 heavy (non-hydrogen) atoms. The largest absolute Gasteiger partial charge is 0.471 e. The number of carbonyl (C=O) groups excluding carboxylic acids is 2. The fourth-order valence-corrected chi connectivity index (χ4v) is 3.17. The Morgan fingerprint density at radius 3 is 2.71 bits per heavy atom. The van der Waals surface area contributed by atoms with Crippen LogP contribution in [0.5, 0.6) is 0 Å². The van der Waals surface area contributed by atoms with E-state index in [2.05, 4.69) is 20.3 Å². The lowest BCUT2D eigenvalue weighted by Crippen LogP contribution is -2.40. The molecule has 3 heterocycles. The number of fused-ring (bicyclic) bond motifs is 1. The number of amides is 2. The number of aliphatic hydroxyl groups excluding tert-OH is 2. The van der Waals surface area contributed by atoms with Crippen LogP contribution in [-0.2, 0) is 19.1 Å². The molecule has 5 N–H and O–H groups in total. The molecule has 2 aromatic rings. The van der Waals surface area contributed by atoms with E-state index in [1.54, 1.807) is 19.2 Å². The fraction of sp³-hybridized carbons (Fsp3) is 0.611. The lowest BCUT2D eigenvalue weighted by Gasteiger charge is -2.22. The van der Waals surface area contributed by atoms with Gasteiger partial charge in [-0.1, -0.05) is 13.8 Å². The Hall–Kier alpha value is -3.08. The Labute approximate surface area is 189 Å². The number of rotatable bonds is 8. The van der Waals surface area contributed by atoms with Crippen LogP contribution in [0.1, 0.15) is 20.1 Å². The number of hydrogen-bond acceptors (Lipinski definition) is 9. The van der Waals surface area contributed by atoms with E-state index in [9.17, 15) is 37.8 Å². The van der Waals surface area contributed by atoms with Crippen molar-refractivity contribution in [3.05, 3.63) is 16.7 Å². The van der Waals surface area contributed by atoms with Gasteiger partial charge in [0.25, 0.3) is 5.56 Å². The third kappa shape index (κ3) is 5.35. The van der Waals surface area contributed by atoms with Crippen LogP contribution in [0.25, 0.3) is 11.2 Å². The Kier molecular flexibility index (Phi) is 7.54. The lowest BCUT2D eigenvalue weighted by atomic mass is 10.1. The van der Waals surface area contributed by atoms with E-state index in [4.69, 9.17) is 9.47 Å². The van der Waals surface area contributed by atoms with E-state index < -0.39 is 73.8 Å². The number of ether oxygens (including phenoxy) is 2. The van der Waals surface area contributed by atoms with E-state index in [0.29, 0.717) is 0 Å². The topological polar surface area (TPSA) is 181 Å². The maximum Gasteiger partial charge on any atom is 0.471 e. The van der Waals surface area contributed by atoms with Crippen LogP contribution in [0.3, 0.4) is 0 Å². The molecule has 0 radical (unpaired) electrons. The van der Waals surface area contributed by atoms with Crippen LogP contribution in [-0.4, -0.2) is 85.8 Å². The Balaban J connectivity index is 1.84. The zero-order chi connectivity index (χ0) is 25.2. The molecule has 13 nitrogen and oxygen atoms in total. The van der Waals surface area contributed by atoms with E-state index in [-0.39, 0.29) is 17.1 Å². The maximum absolute atomic E-state index is 12.4. The van der Waals surface area contributed by atoms with Crippen LogP contribution in [0.4, 0.5) is 19.1 Å². The molecular formula is C18H23F3N6O7. The van der Waals surface area contributed by atoms with Crippen LogP contribution in [0, 0.1) is 5.92 Å². The first-order valence-corrected chi connectivity index (χ1v) is 10.1. The molecule has 4 atom stereocenters. The summed E-state index contributed by atoms with van der Waals surface area (Å²) in [6.07, 6.45) is -8.85. The number of aromatic amines is 1. The van der Waals surface area contributed by atoms with Gasteiger partial charge >= 0.3 is 12.1 Å². The zero-order valence-corrected chi connectivity index (χ0v) is 18.0. The molecule has 1 fully saturated rings. The third-order valence-corrected chi connectivity index (χ3v) is 4.92. The average molecular weight is 492 g/mol. The highest BCUT2D eigenvalue weighted by molar-refractivity contribution is 5.91. The fourth-order valence-electron chi connectivity index (χ4n) is 3.17. The van der Waals surface area contributed by atoms with Gasteiger partial charge in [-0.25, -0.2) is 4.98 Å². The van der Waals surface area contributed by atoms with Gasteiger partial charge in [-0.3, -0.25) is 29.3 Å². The van der Waals surface area contributed by atoms with E-state index >= 15 is 0 Å². The Morgan fingerprint density at radius 2 is 2.09 bits per heavy atom. The standard InChI is InChI=1S/C18H23F3N6O7/c1-7(2)13(30)25-17-24-12-9(14(31)26-17)23-6-27(12)15-11(10(29)8(5-28)34-15)33-4-3-22-16(32)18(19,20)21/h6-8,10-11,15,28-29H,3-5H2,1-2H3,(H,22,32)(H2,24,25,26,30,31)/t8-,10-,11-,15-/m1/s1.